The summed E-state index contributed by atoms with van der Waals surface area (Å²) in [4.78, 5) is 0. The molecule has 0 atom stereocenters. The predicted molar refractivity (Wildman–Crippen MR) is 145 cm³/mol. The van der Waals surface area contributed by atoms with E-state index >= 15 is 35.1 Å². The second-order valence-corrected chi connectivity index (χ2v) is 13.6. The van der Waals surface area contributed by atoms with Gasteiger partial charge in [-0.25, -0.2) is 87.8 Å². The normalized spacial score (nSPS) is 12.1. The molecule has 2 nitrogen and oxygen atoms in total. The molecule has 4 aromatic carbocycles. The van der Waals surface area contributed by atoms with Gasteiger partial charge >= 0.3 is 0 Å². The second-order valence-electron chi connectivity index (χ2n) is 11.1. The molecule has 0 fully saturated rings. The van der Waals surface area contributed by atoms with Crippen molar-refractivity contribution in [2.24, 2.45) is 0 Å². The van der Waals surface area contributed by atoms with Crippen LogP contribution in [0, 0.1) is 116 Å². The highest BCUT2D eigenvalue weighted by molar-refractivity contribution is 7.97. The highest BCUT2D eigenvalue weighted by Gasteiger charge is 2.52. The molecule has 0 bridgehead atoms. The van der Waals surface area contributed by atoms with E-state index < -0.39 is 155 Å². The molecule has 0 amide bonds. The van der Waals surface area contributed by atoms with Gasteiger partial charge in [0.25, 0.3) is 0 Å². The third-order valence-corrected chi connectivity index (χ3v) is 7.98. The minimum Gasteiger partial charge on any atom is -0.207 e. The van der Waals surface area contributed by atoms with Gasteiger partial charge in [0, 0.05) is 0 Å². The van der Waals surface area contributed by atoms with Crippen molar-refractivity contribution in [1.82, 2.24) is 0 Å². The smallest absolute Gasteiger partial charge is 0.207 e. The Labute approximate surface area is 283 Å². The molecule has 0 spiro atoms. The molecule has 290 valence electrons. The lowest BCUT2D eigenvalue weighted by atomic mass is 9.12. The maximum atomic E-state index is 15.4. The number of benzene rings is 4. The molecule has 0 aromatic heterocycles. The van der Waals surface area contributed by atoms with E-state index in [1.54, 1.807) is 12.5 Å². The predicted octanol–water partition coefficient (Wildman–Crippen LogP) is 6.93. The van der Waals surface area contributed by atoms with Crippen LogP contribution < -0.4 is 21.9 Å². The summed E-state index contributed by atoms with van der Waals surface area (Å²) in [6, 6.07) is 0. The van der Waals surface area contributed by atoms with Gasteiger partial charge < -0.3 is 0 Å². The average Bonchev–Trinajstić information content (AvgIpc) is 3.07. The highest BCUT2D eigenvalue weighted by atomic mass is 32.3. The third kappa shape index (κ3) is 6.82. The zero-order valence-electron chi connectivity index (χ0n) is 25.9. The van der Waals surface area contributed by atoms with E-state index in [2.05, 4.69) is 0 Å². The largest absolute Gasteiger partial charge is 0.211 e. The highest BCUT2D eigenvalue weighted by Crippen LogP contribution is 2.30. The molecule has 0 radical (unpaired) electrons. The summed E-state index contributed by atoms with van der Waals surface area (Å²) in [6.07, 6.45) is -3.97. The Morgan fingerprint density at radius 1 is 0.340 bits per heavy atom. The van der Waals surface area contributed by atoms with Crippen molar-refractivity contribution in [3.63, 3.8) is 0 Å². The SMILES string of the molecule is CC(C)O[S+](C)(C)=O.Fc1c(F)c(F)c([B-](c2c(F)c(F)c(F)c(F)c2F)(c2c(F)c(F)c(F)c(F)c2F)c2c(F)c(F)c(F)c(F)c2F)c(F)c1F. The molecule has 4 aromatic rings. The third-order valence-electron chi connectivity index (χ3n) is 7.13. The van der Waals surface area contributed by atoms with Gasteiger partial charge in [-0.2, -0.15) is 4.18 Å². The summed E-state index contributed by atoms with van der Waals surface area (Å²) in [6.45, 7) is 3.74. The number of rotatable bonds is 6. The Kier molecular flexibility index (Phi) is 12.0. The molecule has 0 aliphatic carbocycles. The Morgan fingerprint density at radius 2 is 0.472 bits per heavy atom. The van der Waals surface area contributed by atoms with Crippen LogP contribution in [0.1, 0.15) is 13.8 Å². The monoisotopic (exact) mass is 816 g/mol. The van der Waals surface area contributed by atoms with Gasteiger partial charge in [-0.05, 0) is 13.8 Å². The number of hydrogen-bond donors (Lipinski definition) is 0. The van der Waals surface area contributed by atoms with Crippen LogP contribution in [0.2, 0.25) is 0 Å². The zero-order chi connectivity index (χ0) is 41.1. The minimum absolute atomic E-state index is 0.0671. The molecule has 0 heterocycles. The molecule has 24 heteroatoms. The fourth-order valence-corrected chi connectivity index (χ4v) is 6.26. The van der Waals surface area contributed by atoms with Gasteiger partial charge in [0.2, 0.25) is 10.2 Å². The van der Waals surface area contributed by atoms with Gasteiger partial charge in [0.05, 0.1) is 0 Å². The molecule has 4 rings (SSSR count). The first-order chi connectivity index (χ1) is 24.1. The van der Waals surface area contributed by atoms with Crippen molar-refractivity contribution in [2.45, 2.75) is 20.0 Å². The lowest BCUT2D eigenvalue weighted by Crippen LogP contribution is -2.81. The van der Waals surface area contributed by atoms with Crippen LogP contribution in [0.25, 0.3) is 0 Å². The summed E-state index contributed by atoms with van der Waals surface area (Å²) in [5, 5.41) is 0. The van der Waals surface area contributed by atoms with Gasteiger partial charge in [-0.1, -0.05) is 4.21 Å². The second kappa shape index (κ2) is 14.8. The maximum absolute atomic E-state index is 15.4. The first-order valence-electron chi connectivity index (χ1n) is 13.5. The van der Waals surface area contributed by atoms with Crippen molar-refractivity contribution in [2.75, 3.05) is 12.5 Å². The summed E-state index contributed by atoms with van der Waals surface area (Å²) < 4.78 is 310. The lowest BCUT2D eigenvalue weighted by Gasteiger charge is -2.44. The van der Waals surface area contributed by atoms with Gasteiger partial charge in [0.1, 0.15) is 71.3 Å². The summed E-state index contributed by atoms with van der Waals surface area (Å²) in [5.41, 5.74) is -14.3. The average molecular weight is 816 g/mol. The molecular formula is C29H13BF20O2S. The molecule has 53 heavy (non-hydrogen) atoms. The van der Waals surface area contributed by atoms with E-state index in [0.717, 1.165) is 0 Å². The van der Waals surface area contributed by atoms with Crippen molar-refractivity contribution in [3.05, 3.63) is 116 Å². The first kappa shape index (κ1) is 43.1. The van der Waals surface area contributed by atoms with E-state index in [4.69, 9.17) is 4.18 Å². The van der Waals surface area contributed by atoms with Crippen LogP contribution in [0.3, 0.4) is 0 Å². The lowest BCUT2D eigenvalue weighted by molar-refractivity contribution is 0.260. The van der Waals surface area contributed by atoms with E-state index in [1.807, 2.05) is 13.8 Å². The van der Waals surface area contributed by atoms with Crippen LogP contribution in [0.5, 0.6) is 0 Å². The topological polar surface area (TPSA) is 26.3 Å². The van der Waals surface area contributed by atoms with Gasteiger partial charge in [-0.15, -0.1) is 21.9 Å². The molecule has 0 N–H and O–H groups in total. The molecular weight excluding hydrogens is 803 g/mol. The first-order valence-corrected chi connectivity index (χ1v) is 15.8. The van der Waals surface area contributed by atoms with Crippen LogP contribution in [0.4, 0.5) is 87.8 Å². The molecule has 0 saturated heterocycles. The van der Waals surface area contributed by atoms with Crippen molar-refractivity contribution in [1.29, 1.82) is 0 Å². The van der Waals surface area contributed by atoms with Crippen LogP contribution >= 0.6 is 0 Å². The van der Waals surface area contributed by atoms with E-state index in [9.17, 15) is 56.9 Å². The number of hydrogen-bond acceptors (Lipinski definition) is 2. The van der Waals surface area contributed by atoms with E-state index in [1.165, 1.54) is 0 Å². The van der Waals surface area contributed by atoms with Crippen LogP contribution in [-0.4, -0.2) is 24.8 Å². The quantitative estimate of drug-likeness (QED) is 0.0695. The molecule has 0 aliphatic heterocycles. The van der Waals surface area contributed by atoms with Gasteiger partial charge in [-0.3, -0.25) is 0 Å². The van der Waals surface area contributed by atoms with Gasteiger partial charge in [0.15, 0.2) is 69.8 Å². The fourth-order valence-electron chi connectivity index (χ4n) is 5.34. The maximum Gasteiger partial charge on any atom is 0.211 e. The standard InChI is InChI=1S/C24BF20.C5H13O2S/c26-5-1(6(27)14(35)21(42)13(5)34)25(2-7(28)15(36)22(43)16(37)8(2)29,3-9(30)17(38)23(44)18(39)10(3)31)4-11(32)19(40)24(45)20(41)12(4)33;1-5(2)7-8(3,4)6/h;5H,1-4H3/q-1;+1. The van der Waals surface area contributed by atoms with Crippen LogP contribution in [-0.2, 0) is 18.6 Å². The molecule has 0 aliphatic rings. The summed E-state index contributed by atoms with van der Waals surface area (Å²) in [7, 11) is -1.97. The van der Waals surface area contributed by atoms with Crippen molar-refractivity contribution in [3.8, 4) is 0 Å². The Bertz CT molecular complexity index is 1820. The Balaban J connectivity index is 0.000000846. The van der Waals surface area contributed by atoms with E-state index in [0.29, 0.717) is 0 Å². The Hall–Kier alpha value is -4.35. The number of halogens is 20. The fraction of sp³-hybridized carbons (Fsp3) is 0.172. The summed E-state index contributed by atoms with van der Waals surface area (Å²) >= 11 is 0. The molecule has 0 unspecified atom stereocenters. The van der Waals surface area contributed by atoms with Crippen molar-refractivity contribution >= 4 is 38.2 Å². The van der Waals surface area contributed by atoms with Crippen molar-refractivity contribution < 1.29 is 96.2 Å². The molecule has 0 saturated carbocycles. The zero-order valence-corrected chi connectivity index (χ0v) is 26.8. The summed E-state index contributed by atoms with van der Waals surface area (Å²) in [5.74, 6) is -71.4. The minimum atomic E-state index is -7.22. The van der Waals surface area contributed by atoms with Crippen LogP contribution in [0.15, 0.2) is 0 Å². The Morgan fingerprint density at radius 3 is 0.566 bits per heavy atom. The van der Waals surface area contributed by atoms with E-state index in [-0.39, 0.29) is 6.10 Å².